The molecule has 0 aliphatic heterocycles. The summed E-state index contributed by atoms with van der Waals surface area (Å²) in [6.07, 6.45) is 0. The fourth-order valence-corrected chi connectivity index (χ4v) is 2.62. The Morgan fingerprint density at radius 1 is 1.17 bits per heavy atom. The third-order valence-corrected chi connectivity index (χ3v) is 3.63. The van der Waals surface area contributed by atoms with Crippen molar-refractivity contribution in [3.05, 3.63) is 65.2 Å². The molecule has 2 aromatic carbocycles. The molecule has 1 N–H and O–H groups in total. The first-order chi connectivity index (χ1) is 8.65. The molecule has 0 heterocycles. The van der Waals surface area contributed by atoms with Crippen molar-refractivity contribution in [2.24, 2.45) is 0 Å². The Labute approximate surface area is 111 Å². The summed E-state index contributed by atoms with van der Waals surface area (Å²) in [5.74, 6) is -0.0951. The van der Waals surface area contributed by atoms with E-state index in [0.29, 0.717) is 5.56 Å². The Balaban J connectivity index is 2.06. The number of carboxylic acid groups (broad SMARTS) is 1. The summed E-state index contributed by atoms with van der Waals surface area (Å²) in [4.78, 5) is 12.1. The second-order valence-corrected chi connectivity index (χ2v) is 5.16. The first-order valence-corrected chi connectivity index (χ1v) is 6.65. The van der Waals surface area contributed by atoms with Gasteiger partial charge in [0, 0.05) is 10.6 Å². The number of rotatable bonds is 4. The number of carboxylic acids is 1. The van der Waals surface area contributed by atoms with Gasteiger partial charge in [0.2, 0.25) is 0 Å². The van der Waals surface area contributed by atoms with Gasteiger partial charge in [0.15, 0.2) is 0 Å². The van der Waals surface area contributed by atoms with E-state index >= 15 is 0 Å². The lowest BCUT2D eigenvalue weighted by molar-refractivity contribution is 0.0697. The van der Waals surface area contributed by atoms with Crippen molar-refractivity contribution in [1.82, 2.24) is 0 Å². The third kappa shape index (κ3) is 3.37. The molecule has 0 aliphatic carbocycles. The van der Waals surface area contributed by atoms with Crippen molar-refractivity contribution in [3.8, 4) is 0 Å². The average molecular weight is 258 g/mol. The largest absolute Gasteiger partial charge is 0.478 e. The second kappa shape index (κ2) is 5.74. The molecule has 0 amide bonds. The van der Waals surface area contributed by atoms with Gasteiger partial charge in [0.25, 0.3) is 0 Å². The van der Waals surface area contributed by atoms with Crippen molar-refractivity contribution in [2.75, 3.05) is 0 Å². The SMILES string of the molecule is Cc1cccc(SCc2cccc(C(=O)O)c2)c1. The number of hydrogen-bond donors (Lipinski definition) is 1. The van der Waals surface area contributed by atoms with E-state index in [4.69, 9.17) is 5.11 Å². The fraction of sp³-hybridized carbons (Fsp3) is 0.133. The highest BCUT2D eigenvalue weighted by atomic mass is 32.2. The van der Waals surface area contributed by atoms with Crippen molar-refractivity contribution in [1.29, 1.82) is 0 Å². The molecule has 3 heteroatoms. The monoisotopic (exact) mass is 258 g/mol. The lowest BCUT2D eigenvalue weighted by atomic mass is 10.1. The van der Waals surface area contributed by atoms with Gasteiger partial charge in [-0.3, -0.25) is 0 Å². The summed E-state index contributed by atoms with van der Waals surface area (Å²) in [6, 6.07) is 15.4. The number of aromatic carboxylic acids is 1. The molecule has 0 saturated carbocycles. The molecule has 0 spiro atoms. The zero-order valence-corrected chi connectivity index (χ0v) is 10.9. The van der Waals surface area contributed by atoms with Gasteiger partial charge in [-0.05, 0) is 36.8 Å². The molecule has 0 radical (unpaired) electrons. The Kier molecular flexibility index (Phi) is 4.05. The maximum absolute atomic E-state index is 10.9. The van der Waals surface area contributed by atoms with Crippen LogP contribution in [0.25, 0.3) is 0 Å². The van der Waals surface area contributed by atoms with Crippen LogP contribution in [0.1, 0.15) is 21.5 Å². The maximum Gasteiger partial charge on any atom is 0.335 e. The van der Waals surface area contributed by atoms with Gasteiger partial charge in [-0.25, -0.2) is 4.79 Å². The quantitative estimate of drug-likeness (QED) is 0.843. The van der Waals surface area contributed by atoms with Crippen molar-refractivity contribution < 1.29 is 9.90 Å². The first-order valence-electron chi connectivity index (χ1n) is 5.67. The highest BCUT2D eigenvalue weighted by Crippen LogP contribution is 2.23. The van der Waals surface area contributed by atoms with Crippen molar-refractivity contribution in [2.45, 2.75) is 17.6 Å². The molecule has 0 aliphatic rings. The van der Waals surface area contributed by atoms with Crippen LogP contribution in [-0.2, 0) is 5.75 Å². The third-order valence-electron chi connectivity index (χ3n) is 2.57. The molecule has 18 heavy (non-hydrogen) atoms. The van der Waals surface area contributed by atoms with Gasteiger partial charge in [-0.15, -0.1) is 11.8 Å². The second-order valence-electron chi connectivity index (χ2n) is 4.11. The van der Waals surface area contributed by atoms with Crippen LogP contribution in [-0.4, -0.2) is 11.1 Å². The number of aryl methyl sites for hydroxylation is 1. The number of carbonyl (C=O) groups is 1. The Morgan fingerprint density at radius 2 is 1.94 bits per heavy atom. The molecule has 0 saturated heterocycles. The normalized spacial score (nSPS) is 10.3. The van der Waals surface area contributed by atoms with Crippen molar-refractivity contribution >= 4 is 17.7 Å². The van der Waals surface area contributed by atoms with E-state index in [9.17, 15) is 4.79 Å². The molecule has 0 fully saturated rings. The van der Waals surface area contributed by atoms with Crippen LogP contribution in [0.5, 0.6) is 0 Å². The van der Waals surface area contributed by atoms with Gasteiger partial charge in [0.05, 0.1) is 5.56 Å². The van der Waals surface area contributed by atoms with E-state index in [0.717, 1.165) is 11.3 Å². The number of hydrogen-bond acceptors (Lipinski definition) is 2. The smallest absolute Gasteiger partial charge is 0.335 e. The minimum Gasteiger partial charge on any atom is -0.478 e. The van der Waals surface area contributed by atoms with E-state index in [-0.39, 0.29) is 0 Å². The molecule has 2 rings (SSSR count). The van der Waals surface area contributed by atoms with Crippen molar-refractivity contribution in [3.63, 3.8) is 0 Å². The molecule has 2 nitrogen and oxygen atoms in total. The molecule has 2 aromatic rings. The van der Waals surface area contributed by atoms with E-state index in [1.54, 1.807) is 30.0 Å². The molecule has 0 bridgehead atoms. The van der Waals surface area contributed by atoms with Gasteiger partial charge >= 0.3 is 5.97 Å². The van der Waals surface area contributed by atoms with Crippen LogP contribution >= 0.6 is 11.8 Å². The fourth-order valence-electron chi connectivity index (χ4n) is 1.67. The van der Waals surface area contributed by atoms with Gasteiger partial charge in [-0.2, -0.15) is 0 Å². The summed E-state index contributed by atoms with van der Waals surface area (Å²) in [5.41, 5.74) is 2.61. The Hall–Kier alpha value is -1.74. The van der Waals surface area contributed by atoms with Gasteiger partial charge < -0.3 is 5.11 Å². The minimum absolute atomic E-state index is 0.345. The highest BCUT2D eigenvalue weighted by Gasteiger charge is 2.03. The highest BCUT2D eigenvalue weighted by molar-refractivity contribution is 7.98. The van der Waals surface area contributed by atoms with Crippen LogP contribution in [0.2, 0.25) is 0 Å². The summed E-state index contributed by atoms with van der Waals surface area (Å²) >= 11 is 1.72. The predicted octanol–water partition coefficient (Wildman–Crippen LogP) is 3.99. The van der Waals surface area contributed by atoms with E-state index in [2.05, 4.69) is 25.1 Å². The molecule has 92 valence electrons. The molecule has 0 aromatic heterocycles. The standard InChI is InChI=1S/C15H14O2S/c1-11-4-2-7-14(8-11)18-10-12-5-3-6-13(9-12)15(16)17/h2-9H,10H2,1H3,(H,16,17). The van der Waals surface area contributed by atoms with Crippen LogP contribution < -0.4 is 0 Å². The zero-order valence-electron chi connectivity index (χ0n) is 10.1. The molecule has 0 unspecified atom stereocenters. The minimum atomic E-state index is -0.877. The van der Waals surface area contributed by atoms with Crippen LogP contribution in [0.3, 0.4) is 0 Å². The predicted molar refractivity (Wildman–Crippen MR) is 74.1 cm³/mol. The van der Waals surface area contributed by atoms with E-state index < -0.39 is 5.97 Å². The summed E-state index contributed by atoms with van der Waals surface area (Å²) in [5, 5.41) is 8.92. The molecular weight excluding hydrogens is 244 g/mol. The lowest BCUT2D eigenvalue weighted by Crippen LogP contribution is -1.96. The van der Waals surface area contributed by atoms with E-state index in [1.807, 2.05) is 12.1 Å². The average Bonchev–Trinajstić information content (AvgIpc) is 2.37. The van der Waals surface area contributed by atoms with Gasteiger partial charge in [0.1, 0.15) is 0 Å². The Bertz CT molecular complexity index is 564. The van der Waals surface area contributed by atoms with Crippen LogP contribution in [0.15, 0.2) is 53.4 Å². The summed E-state index contributed by atoms with van der Waals surface area (Å²) in [6.45, 7) is 2.06. The number of benzene rings is 2. The van der Waals surface area contributed by atoms with Gasteiger partial charge in [-0.1, -0.05) is 29.8 Å². The van der Waals surface area contributed by atoms with Crippen LogP contribution in [0, 0.1) is 6.92 Å². The maximum atomic E-state index is 10.9. The number of thioether (sulfide) groups is 1. The lowest BCUT2D eigenvalue weighted by Gasteiger charge is -2.04. The Morgan fingerprint density at radius 3 is 2.67 bits per heavy atom. The van der Waals surface area contributed by atoms with E-state index in [1.165, 1.54) is 10.5 Å². The molecular formula is C15H14O2S. The summed E-state index contributed by atoms with van der Waals surface area (Å²) < 4.78 is 0. The van der Waals surface area contributed by atoms with Crippen LogP contribution in [0.4, 0.5) is 0 Å². The topological polar surface area (TPSA) is 37.3 Å². The molecule has 0 atom stereocenters. The zero-order chi connectivity index (χ0) is 13.0. The summed E-state index contributed by atoms with van der Waals surface area (Å²) in [7, 11) is 0. The first kappa shape index (κ1) is 12.7.